The number of hydrogen-bond acceptors (Lipinski definition) is 2. The average molecular weight is 245 g/mol. The molecule has 0 aliphatic heterocycles. The van der Waals surface area contributed by atoms with E-state index in [1.807, 2.05) is 0 Å². The Morgan fingerprint density at radius 2 is 1.83 bits per heavy atom. The Morgan fingerprint density at radius 3 is 2.33 bits per heavy atom. The molecule has 2 nitrogen and oxygen atoms in total. The van der Waals surface area contributed by atoms with Crippen LogP contribution in [0.5, 0.6) is 0 Å². The largest absolute Gasteiger partial charge is 0.321 e. The van der Waals surface area contributed by atoms with Crippen LogP contribution in [-0.4, -0.2) is 11.8 Å². The number of allylic oxidation sites excluding steroid dienone is 4. The van der Waals surface area contributed by atoms with Gasteiger partial charge in [0.1, 0.15) is 5.78 Å². The summed E-state index contributed by atoms with van der Waals surface area (Å²) in [6.45, 7) is 4.17. The summed E-state index contributed by atoms with van der Waals surface area (Å²) < 4.78 is 0. The Labute approximate surface area is 109 Å². The van der Waals surface area contributed by atoms with Gasteiger partial charge < -0.3 is 5.73 Å². The third kappa shape index (κ3) is 1.62. The molecule has 0 amide bonds. The number of hydrogen-bond donors (Lipinski definition) is 1. The first-order valence-electron chi connectivity index (χ1n) is 7.13. The van der Waals surface area contributed by atoms with Gasteiger partial charge in [0, 0.05) is 6.42 Å². The van der Waals surface area contributed by atoms with Gasteiger partial charge >= 0.3 is 0 Å². The smallest absolute Gasteiger partial charge is 0.150 e. The van der Waals surface area contributed by atoms with Crippen LogP contribution < -0.4 is 5.73 Å². The van der Waals surface area contributed by atoms with E-state index in [9.17, 15) is 4.79 Å². The summed E-state index contributed by atoms with van der Waals surface area (Å²) in [5, 5.41) is 0. The van der Waals surface area contributed by atoms with Crippen LogP contribution in [0.4, 0.5) is 0 Å². The predicted octanol–water partition coefficient (Wildman–Crippen LogP) is 2.84. The highest BCUT2D eigenvalue weighted by Crippen LogP contribution is 2.77. The third-order valence-corrected chi connectivity index (χ3v) is 5.18. The molecule has 0 spiro atoms. The molecule has 2 unspecified atom stereocenters. The molecule has 98 valence electrons. The predicted molar refractivity (Wildman–Crippen MR) is 72.9 cm³/mol. The van der Waals surface area contributed by atoms with Gasteiger partial charge in [0.25, 0.3) is 0 Å². The van der Waals surface area contributed by atoms with Crippen molar-refractivity contribution in [3.63, 3.8) is 0 Å². The first-order valence-corrected chi connectivity index (χ1v) is 7.13. The lowest BCUT2D eigenvalue weighted by atomic mass is 9.86. The summed E-state index contributed by atoms with van der Waals surface area (Å²) in [6, 6.07) is -0.242. The van der Waals surface area contributed by atoms with E-state index in [2.05, 4.69) is 38.2 Å². The molecule has 2 heteroatoms. The van der Waals surface area contributed by atoms with Gasteiger partial charge in [-0.1, -0.05) is 38.2 Å². The molecular weight excluding hydrogens is 222 g/mol. The minimum Gasteiger partial charge on any atom is -0.321 e. The fourth-order valence-electron chi connectivity index (χ4n) is 4.20. The molecule has 3 atom stereocenters. The quantitative estimate of drug-likeness (QED) is 0.827. The number of rotatable bonds is 4. The van der Waals surface area contributed by atoms with E-state index < -0.39 is 0 Å². The number of Topliss-reactive ketones (excluding diaryl/α,β-unsaturated/α-hetero) is 1. The van der Waals surface area contributed by atoms with Crippen molar-refractivity contribution in [2.75, 3.05) is 0 Å². The topological polar surface area (TPSA) is 43.1 Å². The molecule has 3 aliphatic carbocycles. The van der Waals surface area contributed by atoms with E-state index in [1.54, 1.807) is 0 Å². The Hall–Kier alpha value is -0.890. The van der Waals surface area contributed by atoms with Crippen molar-refractivity contribution >= 4 is 5.78 Å². The molecule has 0 aromatic carbocycles. The molecule has 2 fully saturated rings. The highest BCUT2D eigenvalue weighted by atomic mass is 16.1. The fraction of sp³-hybridized carbons (Fsp3) is 0.688. The molecule has 0 bridgehead atoms. The fourth-order valence-corrected chi connectivity index (χ4v) is 4.20. The normalized spacial score (nSPS) is 41.7. The molecule has 0 saturated heterocycles. The minimum absolute atomic E-state index is 0.242. The second-order valence-electron chi connectivity index (χ2n) is 6.97. The van der Waals surface area contributed by atoms with Crippen molar-refractivity contribution in [3.05, 3.63) is 24.3 Å². The molecular formula is C16H23NO. The number of nitrogens with two attached hydrogens (primary N) is 1. The second kappa shape index (κ2) is 3.80. The highest BCUT2D eigenvalue weighted by Gasteiger charge is 2.70. The van der Waals surface area contributed by atoms with Crippen molar-refractivity contribution in [2.45, 2.75) is 45.6 Å². The standard InChI is InChI=1S/C16H23NO/c1-11(2)7-13(18)14(17)12-8-15-5-3-4-6-16(15,9-12)10-15/h3-6,11-12,14H,7-10,17H2,1-2H3/t12?,14-,15?,16?/m0/s1. The summed E-state index contributed by atoms with van der Waals surface area (Å²) in [7, 11) is 0. The van der Waals surface area contributed by atoms with Gasteiger partial charge in [-0.2, -0.15) is 0 Å². The van der Waals surface area contributed by atoms with Crippen LogP contribution >= 0.6 is 0 Å². The number of ketones is 1. The van der Waals surface area contributed by atoms with Crippen molar-refractivity contribution in [2.24, 2.45) is 28.4 Å². The average Bonchev–Trinajstić information content (AvgIpc) is 2.83. The molecule has 18 heavy (non-hydrogen) atoms. The summed E-state index contributed by atoms with van der Waals surface area (Å²) in [5.74, 6) is 1.06. The van der Waals surface area contributed by atoms with Crippen LogP contribution in [-0.2, 0) is 4.79 Å². The van der Waals surface area contributed by atoms with Gasteiger partial charge in [-0.05, 0) is 41.9 Å². The lowest BCUT2D eigenvalue weighted by Crippen LogP contribution is -2.38. The van der Waals surface area contributed by atoms with E-state index in [0.29, 0.717) is 29.1 Å². The second-order valence-corrected chi connectivity index (χ2v) is 6.97. The number of carbonyl (C=O) groups excluding carboxylic acids is 1. The van der Waals surface area contributed by atoms with Crippen molar-refractivity contribution < 1.29 is 4.79 Å². The van der Waals surface area contributed by atoms with E-state index in [-0.39, 0.29) is 11.8 Å². The van der Waals surface area contributed by atoms with Gasteiger partial charge in [-0.3, -0.25) is 4.79 Å². The SMILES string of the molecule is CC(C)CC(=O)[C@@H](N)C1CC23C=CC=CC2(C1)C3. The van der Waals surface area contributed by atoms with Crippen LogP contribution in [0.1, 0.15) is 39.5 Å². The molecule has 0 radical (unpaired) electrons. The zero-order chi connectivity index (χ0) is 13.0. The van der Waals surface area contributed by atoms with E-state index in [0.717, 1.165) is 12.8 Å². The maximum absolute atomic E-state index is 12.1. The molecule has 0 aromatic heterocycles. The van der Waals surface area contributed by atoms with Gasteiger partial charge in [-0.15, -0.1) is 0 Å². The Kier molecular flexibility index (Phi) is 2.57. The zero-order valence-electron chi connectivity index (χ0n) is 11.4. The zero-order valence-corrected chi connectivity index (χ0v) is 11.4. The first kappa shape index (κ1) is 12.2. The maximum Gasteiger partial charge on any atom is 0.150 e. The lowest BCUT2D eigenvalue weighted by molar-refractivity contribution is -0.122. The third-order valence-electron chi connectivity index (χ3n) is 5.18. The molecule has 2 saturated carbocycles. The molecule has 2 N–H and O–H groups in total. The van der Waals surface area contributed by atoms with Crippen molar-refractivity contribution in [1.82, 2.24) is 0 Å². The summed E-state index contributed by atoms with van der Waals surface area (Å²) >= 11 is 0. The molecule has 0 aromatic rings. The highest BCUT2D eigenvalue weighted by molar-refractivity contribution is 5.84. The van der Waals surface area contributed by atoms with Gasteiger partial charge in [0.15, 0.2) is 0 Å². The molecule has 0 heterocycles. The Bertz CT molecular complexity index is 410. The van der Waals surface area contributed by atoms with Crippen LogP contribution in [0, 0.1) is 22.7 Å². The minimum atomic E-state index is -0.242. The van der Waals surface area contributed by atoms with Crippen LogP contribution in [0.3, 0.4) is 0 Å². The lowest BCUT2D eigenvalue weighted by Gasteiger charge is -2.21. The Morgan fingerprint density at radius 1 is 1.28 bits per heavy atom. The maximum atomic E-state index is 12.1. The van der Waals surface area contributed by atoms with Crippen LogP contribution in [0.15, 0.2) is 24.3 Å². The van der Waals surface area contributed by atoms with E-state index in [1.165, 1.54) is 6.42 Å². The molecule has 3 aliphatic rings. The van der Waals surface area contributed by atoms with E-state index in [4.69, 9.17) is 5.73 Å². The van der Waals surface area contributed by atoms with Crippen LogP contribution in [0.25, 0.3) is 0 Å². The van der Waals surface area contributed by atoms with Gasteiger partial charge in [-0.25, -0.2) is 0 Å². The van der Waals surface area contributed by atoms with Gasteiger partial charge in [0.05, 0.1) is 6.04 Å². The van der Waals surface area contributed by atoms with Gasteiger partial charge in [0.2, 0.25) is 0 Å². The van der Waals surface area contributed by atoms with Crippen molar-refractivity contribution in [1.29, 1.82) is 0 Å². The van der Waals surface area contributed by atoms with Crippen molar-refractivity contribution in [3.8, 4) is 0 Å². The summed E-state index contributed by atoms with van der Waals surface area (Å²) in [5.41, 5.74) is 6.93. The molecule has 3 rings (SSSR count). The number of carbonyl (C=O) groups is 1. The van der Waals surface area contributed by atoms with E-state index >= 15 is 0 Å². The van der Waals surface area contributed by atoms with Crippen LogP contribution in [0.2, 0.25) is 0 Å². The first-order chi connectivity index (χ1) is 8.48. The summed E-state index contributed by atoms with van der Waals surface area (Å²) in [6.07, 6.45) is 13.2. The Balaban J connectivity index is 1.69. The summed E-state index contributed by atoms with van der Waals surface area (Å²) in [4.78, 5) is 12.1. The monoisotopic (exact) mass is 245 g/mol.